The second kappa shape index (κ2) is 6.41. The lowest BCUT2D eigenvalue weighted by Crippen LogP contribution is -2.38. The van der Waals surface area contributed by atoms with Gasteiger partial charge in [-0.15, -0.1) is 0 Å². The van der Waals surface area contributed by atoms with Gasteiger partial charge < -0.3 is 4.90 Å². The van der Waals surface area contributed by atoms with Gasteiger partial charge in [-0.3, -0.25) is 9.69 Å². The van der Waals surface area contributed by atoms with Gasteiger partial charge in [-0.05, 0) is 53.9 Å². The molecule has 21 heavy (non-hydrogen) atoms. The zero-order valence-electron chi connectivity index (χ0n) is 12.2. The molecule has 110 valence electrons. The lowest BCUT2D eigenvalue weighted by molar-refractivity contribution is -0.119. The zero-order valence-corrected chi connectivity index (χ0v) is 13.1. The lowest BCUT2D eigenvalue weighted by atomic mass is 10.1. The first kappa shape index (κ1) is 14.3. The van der Waals surface area contributed by atoms with Crippen molar-refractivity contribution in [2.45, 2.75) is 18.9 Å². The van der Waals surface area contributed by atoms with E-state index in [9.17, 15) is 4.79 Å². The maximum atomic E-state index is 12.5. The fourth-order valence-corrected chi connectivity index (χ4v) is 3.64. The minimum Gasteiger partial charge on any atom is -0.314 e. The Morgan fingerprint density at radius 3 is 2.86 bits per heavy atom. The summed E-state index contributed by atoms with van der Waals surface area (Å²) in [6.07, 6.45) is 2.32. The highest BCUT2D eigenvalue weighted by Gasteiger charge is 2.28. The number of likely N-dealkylation sites (tertiary alicyclic amines) is 1. The summed E-state index contributed by atoms with van der Waals surface area (Å²) < 4.78 is 0. The maximum absolute atomic E-state index is 12.5. The van der Waals surface area contributed by atoms with Crippen LogP contribution in [0.15, 0.2) is 47.2 Å². The van der Waals surface area contributed by atoms with E-state index in [1.165, 1.54) is 12.0 Å². The van der Waals surface area contributed by atoms with Gasteiger partial charge in [-0.2, -0.15) is 11.3 Å². The smallest absolute Gasteiger partial charge is 0.240 e. The van der Waals surface area contributed by atoms with E-state index in [1.807, 2.05) is 37.4 Å². The van der Waals surface area contributed by atoms with Gasteiger partial charge in [-0.1, -0.05) is 18.2 Å². The number of anilines is 1. The molecule has 0 radical (unpaired) electrons. The van der Waals surface area contributed by atoms with Crippen LogP contribution >= 0.6 is 11.3 Å². The van der Waals surface area contributed by atoms with Crippen LogP contribution in [0.1, 0.15) is 24.4 Å². The summed E-state index contributed by atoms with van der Waals surface area (Å²) in [5.74, 6) is 0.156. The van der Waals surface area contributed by atoms with E-state index >= 15 is 0 Å². The van der Waals surface area contributed by atoms with E-state index in [-0.39, 0.29) is 5.91 Å². The van der Waals surface area contributed by atoms with Crippen molar-refractivity contribution < 1.29 is 4.79 Å². The number of carbonyl (C=O) groups is 1. The molecule has 1 aromatic heterocycles. The Balaban J connectivity index is 1.67. The first-order valence-corrected chi connectivity index (χ1v) is 8.28. The van der Waals surface area contributed by atoms with Crippen LogP contribution in [0.5, 0.6) is 0 Å². The van der Waals surface area contributed by atoms with Crippen LogP contribution in [0.2, 0.25) is 0 Å². The minimum absolute atomic E-state index is 0.156. The molecule has 1 aliphatic heterocycles. The van der Waals surface area contributed by atoms with Crippen LogP contribution < -0.4 is 4.90 Å². The monoisotopic (exact) mass is 300 g/mol. The standard InChI is InChI=1S/C17H20N2OS/c1-18(15-6-3-2-4-7-15)17(20)12-19-10-5-8-16(19)14-9-11-21-13-14/h2-4,6-7,9,11,13,16H,5,8,10,12H2,1H3/t16-/m1/s1. The highest BCUT2D eigenvalue weighted by Crippen LogP contribution is 2.32. The third kappa shape index (κ3) is 3.17. The SMILES string of the molecule is CN(C(=O)CN1CCC[C@@H]1c1ccsc1)c1ccccc1. The number of hydrogen-bond donors (Lipinski definition) is 0. The molecular formula is C17H20N2OS. The Morgan fingerprint density at radius 2 is 2.14 bits per heavy atom. The van der Waals surface area contributed by atoms with Crippen molar-refractivity contribution >= 4 is 22.9 Å². The van der Waals surface area contributed by atoms with Gasteiger partial charge >= 0.3 is 0 Å². The normalized spacial score (nSPS) is 18.8. The molecule has 1 aliphatic rings. The number of rotatable bonds is 4. The third-order valence-electron chi connectivity index (χ3n) is 4.15. The Hall–Kier alpha value is -1.65. The molecule has 1 aromatic carbocycles. The molecule has 0 saturated carbocycles. The van der Waals surface area contributed by atoms with Crippen molar-refractivity contribution in [2.75, 3.05) is 25.0 Å². The molecule has 3 rings (SSSR count). The average molecular weight is 300 g/mol. The number of amides is 1. The van der Waals surface area contributed by atoms with Crippen molar-refractivity contribution in [3.63, 3.8) is 0 Å². The van der Waals surface area contributed by atoms with Gasteiger partial charge in [0.25, 0.3) is 0 Å². The van der Waals surface area contributed by atoms with Crippen LogP contribution in [0.25, 0.3) is 0 Å². The summed E-state index contributed by atoms with van der Waals surface area (Å²) in [7, 11) is 1.85. The van der Waals surface area contributed by atoms with E-state index in [0.717, 1.165) is 18.7 Å². The van der Waals surface area contributed by atoms with E-state index in [1.54, 1.807) is 16.2 Å². The number of carbonyl (C=O) groups excluding carboxylic acids is 1. The summed E-state index contributed by atoms with van der Waals surface area (Å²) in [6, 6.07) is 12.4. The van der Waals surface area contributed by atoms with E-state index < -0.39 is 0 Å². The largest absolute Gasteiger partial charge is 0.314 e. The van der Waals surface area contributed by atoms with Crippen LogP contribution in [-0.4, -0.2) is 30.9 Å². The molecule has 1 atom stereocenters. The summed E-state index contributed by atoms with van der Waals surface area (Å²) in [4.78, 5) is 16.6. The van der Waals surface area contributed by atoms with Gasteiger partial charge in [-0.25, -0.2) is 0 Å². The van der Waals surface area contributed by atoms with Crippen molar-refractivity contribution in [2.24, 2.45) is 0 Å². The van der Waals surface area contributed by atoms with Gasteiger partial charge in [0.1, 0.15) is 0 Å². The van der Waals surface area contributed by atoms with Crippen LogP contribution in [0.3, 0.4) is 0 Å². The van der Waals surface area contributed by atoms with E-state index in [2.05, 4.69) is 21.7 Å². The Morgan fingerprint density at radius 1 is 1.33 bits per heavy atom. The predicted molar refractivity (Wildman–Crippen MR) is 87.7 cm³/mol. The van der Waals surface area contributed by atoms with Crippen molar-refractivity contribution in [1.82, 2.24) is 4.90 Å². The number of thiophene rings is 1. The number of nitrogens with zero attached hydrogens (tertiary/aromatic N) is 2. The van der Waals surface area contributed by atoms with E-state index in [4.69, 9.17) is 0 Å². The molecule has 0 N–H and O–H groups in total. The maximum Gasteiger partial charge on any atom is 0.240 e. The Bertz CT molecular complexity index is 582. The predicted octanol–water partition coefficient (Wildman–Crippen LogP) is 3.55. The molecule has 1 fully saturated rings. The summed E-state index contributed by atoms with van der Waals surface area (Å²) in [5.41, 5.74) is 2.31. The quantitative estimate of drug-likeness (QED) is 0.862. The minimum atomic E-state index is 0.156. The lowest BCUT2D eigenvalue weighted by Gasteiger charge is -2.26. The van der Waals surface area contributed by atoms with Crippen molar-refractivity contribution in [3.05, 3.63) is 52.7 Å². The highest BCUT2D eigenvalue weighted by atomic mass is 32.1. The molecular weight excluding hydrogens is 280 g/mol. The molecule has 3 nitrogen and oxygen atoms in total. The molecule has 1 amide bonds. The Kier molecular flexibility index (Phi) is 4.36. The summed E-state index contributed by atoms with van der Waals surface area (Å²) >= 11 is 1.73. The van der Waals surface area contributed by atoms with Crippen molar-refractivity contribution in [1.29, 1.82) is 0 Å². The molecule has 4 heteroatoms. The third-order valence-corrected chi connectivity index (χ3v) is 4.85. The number of hydrogen-bond acceptors (Lipinski definition) is 3. The number of para-hydroxylation sites is 1. The zero-order chi connectivity index (χ0) is 14.7. The van der Waals surface area contributed by atoms with Crippen LogP contribution in [0.4, 0.5) is 5.69 Å². The van der Waals surface area contributed by atoms with E-state index in [0.29, 0.717) is 12.6 Å². The Labute approximate surface area is 129 Å². The van der Waals surface area contributed by atoms with Gasteiger partial charge in [0, 0.05) is 18.8 Å². The first-order valence-electron chi connectivity index (χ1n) is 7.33. The summed E-state index contributed by atoms with van der Waals surface area (Å²) in [6.45, 7) is 1.50. The molecule has 2 aromatic rings. The second-order valence-electron chi connectivity index (χ2n) is 5.47. The fraction of sp³-hybridized carbons (Fsp3) is 0.353. The first-order chi connectivity index (χ1) is 10.3. The molecule has 1 saturated heterocycles. The van der Waals surface area contributed by atoms with Gasteiger partial charge in [0.15, 0.2) is 0 Å². The van der Waals surface area contributed by atoms with Crippen LogP contribution in [0, 0.1) is 0 Å². The average Bonchev–Trinajstić information content (AvgIpc) is 3.18. The molecule has 0 spiro atoms. The topological polar surface area (TPSA) is 23.6 Å². The molecule has 0 aliphatic carbocycles. The van der Waals surface area contributed by atoms with Crippen LogP contribution in [-0.2, 0) is 4.79 Å². The number of likely N-dealkylation sites (N-methyl/N-ethyl adjacent to an activating group) is 1. The number of benzene rings is 1. The molecule has 0 unspecified atom stereocenters. The second-order valence-corrected chi connectivity index (χ2v) is 6.25. The fourth-order valence-electron chi connectivity index (χ4n) is 2.93. The van der Waals surface area contributed by atoms with Gasteiger partial charge in [0.05, 0.1) is 6.54 Å². The summed E-state index contributed by atoms with van der Waals surface area (Å²) in [5, 5.41) is 4.32. The van der Waals surface area contributed by atoms with Crippen molar-refractivity contribution in [3.8, 4) is 0 Å². The van der Waals surface area contributed by atoms with Gasteiger partial charge in [0.2, 0.25) is 5.91 Å². The molecule has 2 heterocycles. The highest BCUT2D eigenvalue weighted by molar-refractivity contribution is 7.07. The molecule has 0 bridgehead atoms.